The summed E-state index contributed by atoms with van der Waals surface area (Å²) in [5.74, 6) is 0. The van der Waals surface area contributed by atoms with Crippen molar-refractivity contribution in [3.8, 4) is 0 Å². The van der Waals surface area contributed by atoms with Gasteiger partial charge in [-0.1, -0.05) is 48.5 Å². The van der Waals surface area contributed by atoms with Crippen molar-refractivity contribution in [1.82, 2.24) is 0 Å². The van der Waals surface area contributed by atoms with Crippen molar-refractivity contribution in [2.24, 2.45) is 9.98 Å². The highest BCUT2D eigenvalue weighted by molar-refractivity contribution is 6.17. The first-order valence-electron chi connectivity index (χ1n) is 7.81. The van der Waals surface area contributed by atoms with Gasteiger partial charge in [-0.3, -0.25) is 4.99 Å². The van der Waals surface area contributed by atoms with Gasteiger partial charge in [-0.25, -0.2) is 4.99 Å². The maximum Gasteiger partial charge on any atom is 0.429 e. The number of aliphatic imine (C=N–C) groups is 2. The van der Waals surface area contributed by atoms with E-state index in [4.69, 9.17) is 0 Å². The molecule has 0 atom stereocenters. The number of fused-ring (bicyclic) bond motifs is 2. The lowest BCUT2D eigenvalue weighted by Gasteiger charge is -2.11. The molecule has 0 saturated carbocycles. The third kappa shape index (κ3) is 3.05. The van der Waals surface area contributed by atoms with Gasteiger partial charge in [0.1, 0.15) is 5.71 Å². The third-order valence-electron chi connectivity index (χ3n) is 4.14. The van der Waals surface area contributed by atoms with Crippen molar-refractivity contribution < 1.29 is 13.2 Å². The molecule has 1 aliphatic heterocycles. The Balaban J connectivity index is 1.88. The lowest BCUT2D eigenvalue weighted by molar-refractivity contribution is -0.0596. The Hall–Kier alpha value is -2.95. The number of rotatable bonds is 1. The van der Waals surface area contributed by atoms with E-state index in [1.54, 1.807) is 24.3 Å². The summed E-state index contributed by atoms with van der Waals surface area (Å²) in [5, 5.41) is 2.00. The van der Waals surface area contributed by atoms with E-state index in [1.807, 2.05) is 42.5 Å². The van der Waals surface area contributed by atoms with E-state index in [-0.39, 0.29) is 12.1 Å². The van der Waals surface area contributed by atoms with E-state index < -0.39 is 11.9 Å². The first-order valence-corrected chi connectivity index (χ1v) is 7.81. The molecule has 0 amide bonds. The summed E-state index contributed by atoms with van der Waals surface area (Å²) in [6.07, 6.45) is -4.84. The van der Waals surface area contributed by atoms with Gasteiger partial charge in [0.15, 0.2) is 0 Å². The smallest absolute Gasteiger partial charge is 0.250 e. The molecule has 0 unspecified atom stereocenters. The second-order valence-electron chi connectivity index (χ2n) is 5.84. The molecule has 1 heterocycles. The molecule has 25 heavy (non-hydrogen) atoms. The Morgan fingerprint density at radius 3 is 2.08 bits per heavy atom. The van der Waals surface area contributed by atoms with E-state index in [2.05, 4.69) is 9.98 Å². The van der Waals surface area contributed by atoms with Crippen molar-refractivity contribution >= 4 is 33.6 Å². The first kappa shape index (κ1) is 15.6. The molecule has 0 aromatic heterocycles. The van der Waals surface area contributed by atoms with Crippen LogP contribution in [0.2, 0.25) is 0 Å². The van der Waals surface area contributed by atoms with Crippen LogP contribution in [0.25, 0.3) is 10.8 Å². The Bertz CT molecular complexity index is 1020. The highest BCUT2D eigenvalue weighted by atomic mass is 19.4. The maximum atomic E-state index is 13.4. The van der Waals surface area contributed by atoms with E-state index in [0.717, 1.165) is 10.8 Å². The van der Waals surface area contributed by atoms with E-state index in [1.165, 1.54) is 0 Å². The summed E-state index contributed by atoms with van der Waals surface area (Å²) in [6, 6.07) is 19.9. The molecular formula is C20H13F3N2. The quantitative estimate of drug-likeness (QED) is 0.520. The molecule has 124 valence electrons. The van der Waals surface area contributed by atoms with Crippen LogP contribution in [0.4, 0.5) is 24.5 Å². The van der Waals surface area contributed by atoms with E-state index in [9.17, 15) is 13.2 Å². The molecule has 0 aliphatic carbocycles. The zero-order valence-electron chi connectivity index (χ0n) is 13.1. The molecule has 0 bridgehead atoms. The monoisotopic (exact) mass is 338 g/mol. The molecule has 4 rings (SSSR count). The van der Waals surface area contributed by atoms with Gasteiger partial charge >= 0.3 is 6.18 Å². The number of para-hydroxylation sites is 2. The summed E-state index contributed by atoms with van der Waals surface area (Å²) in [4.78, 5) is 8.31. The number of hydrogen-bond acceptors (Lipinski definition) is 2. The average molecular weight is 338 g/mol. The standard InChI is InChI=1S/C20H13F3N2/c21-20(22,23)19-12-18(24-16-7-3-4-8-17(16)25-19)15-10-9-13-5-1-2-6-14(13)11-15/h1-11H,12H2. The number of benzene rings is 3. The van der Waals surface area contributed by atoms with E-state index in [0.29, 0.717) is 17.0 Å². The Morgan fingerprint density at radius 2 is 1.36 bits per heavy atom. The predicted molar refractivity (Wildman–Crippen MR) is 94.4 cm³/mol. The molecule has 0 radical (unpaired) electrons. The van der Waals surface area contributed by atoms with Crippen molar-refractivity contribution in [2.45, 2.75) is 12.6 Å². The largest absolute Gasteiger partial charge is 0.429 e. The molecule has 3 aromatic rings. The molecule has 0 fully saturated rings. The lowest BCUT2D eigenvalue weighted by Crippen LogP contribution is -2.25. The molecule has 2 nitrogen and oxygen atoms in total. The van der Waals surface area contributed by atoms with Crippen LogP contribution in [0, 0.1) is 0 Å². The lowest BCUT2D eigenvalue weighted by atomic mass is 10.0. The minimum absolute atomic E-state index is 0.241. The molecule has 3 aromatic carbocycles. The van der Waals surface area contributed by atoms with Crippen molar-refractivity contribution in [1.29, 1.82) is 0 Å². The Morgan fingerprint density at radius 1 is 0.720 bits per heavy atom. The van der Waals surface area contributed by atoms with Gasteiger partial charge in [0.2, 0.25) is 0 Å². The van der Waals surface area contributed by atoms with Crippen LogP contribution in [0.1, 0.15) is 12.0 Å². The number of alkyl halides is 3. The van der Waals surface area contributed by atoms with Gasteiger partial charge in [0.05, 0.1) is 17.1 Å². The minimum atomic E-state index is -4.49. The number of halogens is 3. The summed E-state index contributed by atoms with van der Waals surface area (Å²) in [5.41, 5.74) is 0.902. The van der Waals surface area contributed by atoms with Gasteiger partial charge < -0.3 is 0 Å². The summed E-state index contributed by atoms with van der Waals surface area (Å²) < 4.78 is 40.1. The van der Waals surface area contributed by atoms with E-state index >= 15 is 0 Å². The number of nitrogens with zero attached hydrogens (tertiary/aromatic N) is 2. The third-order valence-corrected chi connectivity index (χ3v) is 4.14. The Labute approximate surface area is 142 Å². The normalized spacial score (nSPS) is 14.5. The molecule has 1 aliphatic rings. The van der Waals surface area contributed by atoms with Crippen LogP contribution in [0.3, 0.4) is 0 Å². The van der Waals surface area contributed by atoms with Gasteiger partial charge in [-0.2, -0.15) is 13.2 Å². The molecule has 0 saturated heterocycles. The molecule has 0 spiro atoms. The van der Waals surface area contributed by atoms with Crippen LogP contribution in [0.15, 0.2) is 76.7 Å². The fourth-order valence-electron chi connectivity index (χ4n) is 2.88. The fourth-order valence-corrected chi connectivity index (χ4v) is 2.88. The van der Waals surface area contributed by atoms with Gasteiger partial charge in [0.25, 0.3) is 0 Å². The van der Waals surface area contributed by atoms with Gasteiger partial charge in [-0.15, -0.1) is 0 Å². The maximum absolute atomic E-state index is 13.4. The zero-order valence-corrected chi connectivity index (χ0v) is 13.1. The molecular weight excluding hydrogens is 325 g/mol. The predicted octanol–water partition coefficient (Wildman–Crippen LogP) is 6.00. The SMILES string of the molecule is FC(F)(F)C1=Nc2ccccc2N=C(c2ccc3ccccc3c2)C1. The van der Waals surface area contributed by atoms with Crippen molar-refractivity contribution in [3.63, 3.8) is 0 Å². The van der Waals surface area contributed by atoms with Crippen LogP contribution < -0.4 is 0 Å². The van der Waals surface area contributed by atoms with Gasteiger partial charge in [0, 0.05) is 6.42 Å². The zero-order chi connectivity index (χ0) is 17.4. The molecule has 0 N–H and O–H groups in total. The highest BCUT2D eigenvalue weighted by Gasteiger charge is 2.37. The second-order valence-corrected chi connectivity index (χ2v) is 5.84. The Kier molecular flexibility index (Phi) is 3.64. The summed E-state index contributed by atoms with van der Waals surface area (Å²) >= 11 is 0. The van der Waals surface area contributed by atoms with Crippen LogP contribution in [-0.2, 0) is 0 Å². The average Bonchev–Trinajstić information content (AvgIpc) is 2.81. The van der Waals surface area contributed by atoms with Gasteiger partial charge in [-0.05, 0) is 34.5 Å². The highest BCUT2D eigenvalue weighted by Crippen LogP contribution is 2.35. The van der Waals surface area contributed by atoms with Crippen LogP contribution >= 0.6 is 0 Å². The molecule has 5 heteroatoms. The first-order chi connectivity index (χ1) is 12.0. The second kappa shape index (κ2) is 5.84. The topological polar surface area (TPSA) is 24.7 Å². The summed E-state index contributed by atoms with van der Waals surface area (Å²) in [6.45, 7) is 0. The summed E-state index contributed by atoms with van der Waals surface area (Å²) in [7, 11) is 0. The van der Waals surface area contributed by atoms with Crippen molar-refractivity contribution in [2.75, 3.05) is 0 Å². The van der Waals surface area contributed by atoms with Crippen molar-refractivity contribution in [3.05, 3.63) is 72.3 Å². The fraction of sp³-hybridized carbons (Fsp3) is 0.100. The number of hydrogen-bond donors (Lipinski definition) is 0. The van der Waals surface area contributed by atoms with Crippen LogP contribution in [0.5, 0.6) is 0 Å². The van der Waals surface area contributed by atoms with Crippen LogP contribution in [-0.4, -0.2) is 17.6 Å². The minimum Gasteiger partial charge on any atom is -0.250 e.